The number of ether oxygens (including phenoxy) is 1. The molecule has 0 aliphatic rings. The van der Waals surface area contributed by atoms with Crippen LogP contribution in [-0.4, -0.2) is 19.0 Å². The summed E-state index contributed by atoms with van der Waals surface area (Å²) in [7, 11) is 1.34. The van der Waals surface area contributed by atoms with Crippen molar-refractivity contribution in [3.8, 4) is 0 Å². The van der Waals surface area contributed by atoms with Crippen LogP contribution in [0.3, 0.4) is 0 Å². The van der Waals surface area contributed by atoms with Crippen molar-refractivity contribution in [3.05, 3.63) is 53.5 Å². The summed E-state index contributed by atoms with van der Waals surface area (Å²) in [4.78, 5) is 23.2. The monoisotopic (exact) mass is 273 g/mol. The van der Waals surface area contributed by atoms with Crippen molar-refractivity contribution in [3.63, 3.8) is 0 Å². The highest BCUT2D eigenvalue weighted by Crippen LogP contribution is 2.15. The van der Waals surface area contributed by atoms with E-state index in [4.69, 9.17) is 4.42 Å². The number of amides is 1. The first-order chi connectivity index (χ1) is 9.60. The molecule has 1 N–H and O–H groups in total. The molecule has 2 aromatic rings. The van der Waals surface area contributed by atoms with Crippen LogP contribution in [0.5, 0.6) is 0 Å². The third-order valence-corrected chi connectivity index (χ3v) is 2.83. The lowest BCUT2D eigenvalue weighted by Crippen LogP contribution is -2.12. The second-order valence-corrected chi connectivity index (χ2v) is 4.34. The zero-order valence-corrected chi connectivity index (χ0v) is 11.3. The number of carbonyl (C=O) groups excluding carboxylic acids is 2. The van der Waals surface area contributed by atoms with E-state index in [-0.39, 0.29) is 24.1 Å². The molecule has 5 heteroatoms. The highest BCUT2D eigenvalue weighted by atomic mass is 16.5. The summed E-state index contributed by atoms with van der Waals surface area (Å²) in [6.45, 7) is 1.80. The van der Waals surface area contributed by atoms with Crippen LogP contribution in [0.15, 0.2) is 41.0 Å². The van der Waals surface area contributed by atoms with E-state index in [1.807, 2.05) is 0 Å². The molecule has 0 saturated carbocycles. The maximum absolute atomic E-state index is 12.0. The van der Waals surface area contributed by atoms with Crippen LogP contribution in [-0.2, 0) is 16.0 Å². The number of carbonyl (C=O) groups is 2. The van der Waals surface area contributed by atoms with E-state index < -0.39 is 0 Å². The number of aryl methyl sites for hydroxylation is 1. The number of rotatable bonds is 4. The molecule has 0 spiro atoms. The van der Waals surface area contributed by atoms with Gasteiger partial charge >= 0.3 is 5.97 Å². The van der Waals surface area contributed by atoms with Gasteiger partial charge in [0.15, 0.2) is 5.76 Å². The fourth-order valence-electron chi connectivity index (χ4n) is 1.79. The predicted octanol–water partition coefficient (Wildman–Crippen LogP) is 2.56. The molecular weight excluding hydrogens is 258 g/mol. The van der Waals surface area contributed by atoms with Crippen molar-refractivity contribution in [2.75, 3.05) is 12.4 Å². The average molecular weight is 273 g/mol. The largest absolute Gasteiger partial charge is 0.469 e. The number of esters is 1. The van der Waals surface area contributed by atoms with Gasteiger partial charge in [-0.2, -0.15) is 0 Å². The molecule has 0 unspecified atom stereocenters. The molecule has 0 bridgehead atoms. The second kappa shape index (κ2) is 6.06. The Morgan fingerprint density at radius 1 is 1.30 bits per heavy atom. The van der Waals surface area contributed by atoms with Crippen LogP contribution in [0.4, 0.5) is 5.69 Å². The van der Waals surface area contributed by atoms with Crippen molar-refractivity contribution in [1.82, 2.24) is 0 Å². The molecular formula is C15H15NO4. The summed E-state index contributed by atoms with van der Waals surface area (Å²) in [6.07, 6.45) is 1.64. The number of hydrogen-bond acceptors (Lipinski definition) is 4. The molecule has 1 aromatic heterocycles. The lowest BCUT2D eigenvalue weighted by Gasteiger charge is -2.06. The molecule has 1 heterocycles. The van der Waals surface area contributed by atoms with E-state index in [0.717, 1.165) is 11.1 Å². The first kappa shape index (κ1) is 13.9. The number of benzene rings is 1. The molecule has 0 radical (unpaired) electrons. The lowest BCUT2D eigenvalue weighted by atomic mass is 10.1. The molecule has 5 nitrogen and oxygen atoms in total. The third kappa shape index (κ3) is 3.26. The van der Waals surface area contributed by atoms with Crippen molar-refractivity contribution in [2.45, 2.75) is 13.3 Å². The van der Waals surface area contributed by atoms with Gasteiger partial charge in [0.2, 0.25) is 0 Å². The smallest absolute Gasteiger partial charge is 0.309 e. The second-order valence-electron chi connectivity index (χ2n) is 4.34. The molecule has 20 heavy (non-hydrogen) atoms. The molecule has 0 aliphatic carbocycles. The Hall–Kier alpha value is -2.56. The first-order valence-electron chi connectivity index (χ1n) is 6.11. The summed E-state index contributed by atoms with van der Waals surface area (Å²) < 4.78 is 9.73. The Labute approximate surface area is 116 Å². The number of anilines is 1. The molecule has 0 atom stereocenters. The Morgan fingerprint density at radius 3 is 2.75 bits per heavy atom. The Bertz CT molecular complexity index is 630. The summed E-state index contributed by atoms with van der Waals surface area (Å²) in [5.74, 6) is -0.360. The van der Waals surface area contributed by atoms with Gasteiger partial charge in [0.25, 0.3) is 5.91 Å². The topological polar surface area (TPSA) is 68.5 Å². The predicted molar refractivity (Wildman–Crippen MR) is 73.6 cm³/mol. The van der Waals surface area contributed by atoms with Gasteiger partial charge in [-0.25, -0.2) is 0 Å². The van der Waals surface area contributed by atoms with Crippen LogP contribution in [0.2, 0.25) is 0 Å². The molecule has 1 amide bonds. The third-order valence-electron chi connectivity index (χ3n) is 2.83. The maximum atomic E-state index is 12.0. The van der Waals surface area contributed by atoms with E-state index in [2.05, 4.69) is 10.1 Å². The van der Waals surface area contributed by atoms with Crippen LogP contribution in [0.1, 0.15) is 21.7 Å². The summed E-state index contributed by atoms with van der Waals surface area (Å²) >= 11 is 0. The van der Waals surface area contributed by atoms with Crippen molar-refractivity contribution < 1.29 is 18.7 Å². The molecule has 104 valence electrons. The Balaban J connectivity index is 2.10. The van der Waals surface area contributed by atoms with Crippen LogP contribution in [0, 0.1) is 6.92 Å². The van der Waals surface area contributed by atoms with Gasteiger partial charge in [-0.3, -0.25) is 9.59 Å². The number of hydrogen-bond donors (Lipinski definition) is 1. The lowest BCUT2D eigenvalue weighted by molar-refractivity contribution is -0.139. The molecule has 1 aromatic carbocycles. The number of methoxy groups -OCH3 is 1. The zero-order chi connectivity index (χ0) is 14.5. The summed E-state index contributed by atoms with van der Waals surface area (Å²) in [5.41, 5.74) is 2.14. The standard InChI is InChI=1S/C15H15NO4/c1-10-6-7-20-14(10)15(18)16-12-5-3-4-11(8-12)9-13(17)19-2/h3-8H,9H2,1-2H3,(H,16,18). The molecule has 2 rings (SSSR count). The Morgan fingerprint density at radius 2 is 2.10 bits per heavy atom. The molecule has 0 fully saturated rings. The normalized spacial score (nSPS) is 10.1. The van der Waals surface area contributed by atoms with Gasteiger partial charge in [0, 0.05) is 11.3 Å². The molecule has 0 saturated heterocycles. The number of nitrogens with one attached hydrogen (secondary N) is 1. The van der Waals surface area contributed by atoms with Gasteiger partial charge in [-0.1, -0.05) is 12.1 Å². The van der Waals surface area contributed by atoms with Gasteiger partial charge in [-0.05, 0) is 30.7 Å². The summed E-state index contributed by atoms with van der Waals surface area (Å²) in [5, 5.41) is 2.73. The highest BCUT2D eigenvalue weighted by molar-refractivity contribution is 6.03. The van der Waals surface area contributed by atoms with Crippen molar-refractivity contribution in [2.24, 2.45) is 0 Å². The quantitative estimate of drug-likeness (QED) is 0.869. The van der Waals surface area contributed by atoms with Crippen LogP contribution in [0.25, 0.3) is 0 Å². The van der Waals surface area contributed by atoms with Gasteiger partial charge in [0.05, 0.1) is 19.8 Å². The van der Waals surface area contributed by atoms with Crippen LogP contribution >= 0.6 is 0 Å². The van der Waals surface area contributed by atoms with E-state index >= 15 is 0 Å². The Kier molecular flexibility index (Phi) is 4.20. The maximum Gasteiger partial charge on any atom is 0.309 e. The van der Waals surface area contributed by atoms with Crippen molar-refractivity contribution in [1.29, 1.82) is 0 Å². The molecule has 0 aliphatic heterocycles. The SMILES string of the molecule is COC(=O)Cc1cccc(NC(=O)c2occc2C)c1. The van der Waals surface area contributed by atoms with Gasteiger partial charge < -0.3 is 14.5 Å². The highest BCUT2D eigenvalue weighted by Gasteiger charge is 2.13. The minimum absolute atomic E-state index is 0.167. The van der Waals surface area contributed by atoms with E-state index in [1.165, 1.54) is 13.4 Å². The van der Waals surface area contributed by atoms with Crippen LogP contribution < -0.4 is 5.32 Å². The van der Waals surface area contributed by atoms with E-state index in [9.17, 15) is 9.59 Å². The fourth-order valence-corrected chi connectivity index (χ4v) is 1.79. The van der Waals surface area contributed by atoms with Gasteiger partial charge in [0.1, 0.15) is 0 Å². The average Bonchev–Trinajstić information content (AvgIpc) is 2.85. The van der Waals surface area contributed by atoms with Crippen molar-refractivity contribution >= 4 is 17.6 Å². The van der Waals surface area contributed by atoms with E-state index in [0.29, 0.717) is 5.69 Å². The summed E-state index contributed by atoms with van der Waals surface area (Å²) in [6, 6.07) is 8.76. The zero-order valence-electron chi connectivity index (χ0n) is 11.3. The first-order valence-corrected chi connectivity index (χ1v) is 6.11. The minimum atomic E-state index is -0.324. The minimum Gasteiger partial charge on any atom is -0.469 e. The van der Waals surface area contributed by atoms with E-state index in [1.54, 1.807) is 37.3 Å². The van der Waals surface area contributed by atoms with Gasteiger partial charge in [-0.15, -0.1) is 0 Å². The number of furan rings is 1. The fraction of sp³-hybridized carbons (Fsp3) is 0.200.